The van der Waals surface area contributed by atoms with Gasteiger partial charge in [-0.1, -0.05) is 12.1 Å². The lowest BCUT2D eigenvalue weighted by Gasteiger charge is -2.35. The molecule has 1 unspecified atom stereocenters. The summed E-state index contributed by atoms with van der Waals surface area (Å²) in [4.78, 5) is 13.1. The molecule has 92 valence electrons. The Morgan fingerprint density at radius 3 is 3.00 bits per heavy atom. The Labute approximate surface area is 100.0 Å². The fourth-order valence-corrected chi connectivity index (χ4v) is 2.08. The van der Waals surface area contributed by atoms with E-state index in [9.17, 15) is 9.90 Å². The number of nitrogens with one attached hydrogen (secondary N) is 1. The van der Waals surface area contributed by atoms with Crippen LogP contribution in [0.2, 0.25) is 0 Å². The van der Waals surface area contributed by atoms with Gasteiger partial charge in [-0.15, -0.1) is 0 Å². The molecule has 0 amide bonds. The molecule has 17 heavy (non-hydrogen) atoms. The predicted molar refractivity (Wildman–Crippen MR) is 64.6 cm³/mol. The third-order valence-corrected chi connectivity index (χ3v) is 2.92. The minimum atomic E-state index is -0.817. The van der Waals surface area contributed by atoms with E-state index in [1.54, 1.807) is 7.11 Å². The van der Waals surface area contributed by atoms with Crippen molar-refractivity contribution in [3.8, 4) is 5.75 Å². The first-order valence-electron chi connectivity index (χ1n) is 5.57. The predicted octanol–water partition coefficient (Wildman–Crippen LogP) is 0.558. The largest absolute Gasteiger partial charge is 0.495 e. The highest BCUT2D eigenvalue weighted by molar-refractivity contribution is 5.80. The first kappa shape index (κ1) is 11.7. The van der Waals surface area contributed by atoms with Gasteiger partial charge in [0.15, 0.2) is 0 Å². The van der Waals surface area contributed by atoms with Crippen LogP contribution < -0.4 is 15.0 Å². The van der Waals surface area contributed by atoms with E-state index in [1.165, 1.54) is 0 Å². The smallest absolute Gasteiger partial charge is 0.327 e. The number of piperazine rings is 1. The molecule has 1 atom stereocenters. The van der Waals surface area contributed by atoms with Gasteiger partial charge < -0.3 is 20.1 Å². The quantitative estimate of drug-likeness (QED) is 0.803. The number of carboxylic acids is 1. The van der Waals surface area contributed by atoms with E-state index >= 15 is 0 Å². The molecule has 0 spiro atoms. The normalized spacial score (nSPS) is 20.1. The molecule has 1 aromatic carbocycles. The molecule has 0 radical (unpaired) electrons. The van der Waals surface area contributed by atoms with Crippen molar-refractivity contribution in [3.63, 3.8) is 0 Å². The summed E-state index contributed by atoms with van der Waals surface area (Å²) in [6.07, 6.45) is 0. The average molecular weight is 236 g/mol. The summed E-state index contributed by atoms with van der Waals surface area (Å²) < 4.78 is 5.27. The zero-order valence-electron chi connectivity index (χ0n) is 9.72. The van der Waals surface area contributed by atoms with Crippen LogP contribution in [0.4, 0.5) is 5.69 Å². The summed E-state index contributed by atoms with van der Waals surface area (Å²) in [7, 11) is 1.59. The van der Waals surface area contributed by atoms with Crippen molar-refractivity contribution < 1.29 is 14.6 Å². The standard InChI is InChI=1S/C12H16N2O3/c1-17-11-5-3-2-4-9(11)14-7-6-13-8-10(14)12(15)16/h2-5,10,13H,6-8H2,1H3,(H,15,16). The third kappa shape index (κ3) is 2.34. The van der Waals surface area contributed by atoms with Crippen molar-refractivity contribution in [1.29, 1.82) is 0 Å². The molecular formula is C12H16N2O3. The van der Waals surface area contributed by atoms with Gasteiger partial charge in [-0.2, -0.15) is 0 Å². The van der Waals surface area contributed by atoms with Crippen LogP contribution in [-0.2, 0) is 4.79 Å². The monoisotopic (exact) mass is 236 g/mol. The first-order chi connectivity index (χ1) is 8.24. The molecule has 1 aliphatic heterocycles. The molecule has 0 aliphatic carbocycles. The van der Waals surface area contributed by atoms with Crippen molar-refractivity contribution in [2.75, 3.05) is 31.6 Å². The van der Waals surface area contributed by atoms with Crippen molar-refractivity contribution in [1.82, 2.24) is 5.32 Å². The number of carbonyl (C=O) groups is 1. The molecule has 2 rings (SSSR count). The van der Waals surface area contributed by atoms with Gasteiger partial charge in [-0.25, -0.2) is 4.79 Å². The number of rotatable bonds is 3. The zero-order valence-corrected chi connectivity index (χ0v) is 9.72. The Morgan fingerprint density at radius 1 is 1.53 bits per heavy atom. The van der Waals surface area contributed by atoms with Crippen LogP contribution in [0.5, 0.6) is 5.75 Å². The molecular weight excluding hydrogens is 220 g/mol. The van der Waals surface area contributed by atoms with Crippen LogP contribution in [0.3, 0.4) is 0 Å². The van der Waals surface area contributed by atoms with Gasteiger partial charge in [0.2, 0.25) is 0 Å². The van der Waals surface area contributed by atoms with Crippen LogP contribution >= 0.6 is 0 Å². The van der Waals surface area contributed by atoms with Crippen LogP contribution in [0.1, 0.15) is 0 Å². The number of para-hydroxylation sites is 2. The van der Waals surface area contributed by atoms with E-state index in [4.69, 9.17) is 4.74 Å². The summed E-state index contributed by atoms with van der Waals surface area (Å²) >= 11 is 0. The maximum absolute atomic E-state index is 11.2. The van der Waals surface area contributed by atoms with E-state index in [-0.39, 0.29) is 0 Å². The zero-order chi connectivity index (χ0) is 12.3. The van der Waals surface area contributed by atoms with Crippen molar-refractivity contribution in [2.24, 2.45) is 0 Å². The topological polar surface area (TPSA) is 61.8 Å². The summed E-state index contributed by atoms with van der Waals surface area (Å²) in [5, 5.41) is 12.3. The second-order valence-electron chi connectivity index (χ2n) is 3.92. The molecule has 5 nitrogen and oxygen atoms in total. The number of benzene rings is 1. The lowest BCUT2D eigenvalue weighted by atomic mass is 10.1. The van der Waals surface area contributed by atoms with E-state index in [0.29, 0.717) is 18.8 Å². The summed E-state index contributed by atoms with van der Waals surface area (Å²) in [5.41, 5.74) is 0.837. The molecule has 1 saturated heterocycles. The maximum Gasteiger partial charge on any atom is 0.327 e. The fourth-order valence-electron chi connectivity index (χ4n) is 2.08. The molecule has 1 aromatic rings. The Kier molecular flexibility index (Phi) is 3.49. The fraction of sp³-hybridized carbons (Fsp3) is 0.417. The highest BCUT2D eigenvalue weighted by atomic mass is 16.5. The number of nitrogens with zero attached hydrogens (tertiary/aromatic N) is 1. The minimum absolute atomic E-state index is 0.452. The highest BCUT2D eigenvalue weighted by Crippen LogP contribution is 2.29. The van der Waals surface area contributed by atoms with Crippen molar-refractivity contribution in [2.45, 2.75) is 6.04 Å². The number of carboxylic acid groups (broad SMARTS) is 1. The summed E-state index contributed by atoms with van der Waals surface area (Å²) in [5.74, 6) is -0.108. The number of aliphatic carboxylic acids is 1. The lowest BCUT2D eigenvalue weighted by Crippen LogP contribution is -2.55. The number of methoxy groups -OCH3 is 1. The molecule has 0 saturated carbocycles. The van der Waals surface area contributed by atoms with E-state index < -0.39 is 12.0 Å². The summed E-state index contributed by atoms with van der Waals surface area (Å²) in [6, 6.07) is 6.95. The van der Waals surface area contributed by atoms with Gasteiger partial charge >= 0.3 is 5.97 Å². The van der Waals surface area contributed by atoms with Crippen LogP contribution in [0.25, 0.3) is 0 Å². The number of hydrogen-bond donors (Lipinski definition) is 2. The Bertz CT molecular complexity index is 408. The molecule has 5 heteroatoms. The van der Waals surface area contributed by atoms with Gasteiger partial charge in [-0.05, 0) is 12.1 Å². The lowest BCUT2D eigenvalue weighted by molar-refractivity contribution is -0.138. The number of anilines is 1. The average Bonchev–Trinajstić information content (AvgIpc) is 2.38. The number of hydrogen-bond acceptors (Lipinski definition) is 4. The van der Waals surface area contributed by atoms with Gasteiger partial charge in [0, 0.05) is 19.6 Å². The van der Waals surface area contributed by atoms with Crippen molar-refractivity contribution >= 4 is 11.7 Å². The molecule has 0 aromatic heterocycles. The van der Waals surface area contributed by atoms with Crippen LogP contribution in [0, 0.1) is 0 Å². The molecule has 1 heterocycles. The Morgan fingerprint density at radius 2 is 2.29 bits per heavy atom. The minimum Gasteiger partial charge on any atom is -0.495 e. The molecule has 0 bridgehead atoms. The SMILES string of the molecule is COc1ccccc1N1CCNCC1C(=O)O. The number of ether oxygens (including phenoxy) is 1. The molecule has 1 aliphatic rings. The van der Waals surface area contributed by atoms with Crippen molar-refractivity contribution in [3.05, 3.63) is 24.3 Å². The molecule has 1 fully saturated rings. The van der Waals surface area contributed by atoms with Crippen LogP contribution in [0.15, 0.2) is 24.3 Å². The van der Waals surface area contributed by atoms with Gasteiger partial charge in [0.25, 0.3) is 0 Å². The van der Waals surface area contributed by atoms with Gasteiger partial charge in [0.1, 0.15) is 11.8 Å². The third-order valence-electron chi connectivity index (χ3n) is 2.92. The Balaban J connectivity index is 2.32. The van der Waals surface area contributed by atoms with E-state index in [2.05, 4.69) is 5.32 Å². The van der Waals surface area contributed by atoms with E-state index in [0.717, 1.165) is 12.2 Å². The first-order valence-corrected chi connectivity index (χ1v) is 5.57. The van der Waals surface area contributed by atoms with E-state index in [1.807, 2.05) is 29.2 Å². The van der Waals surface area contributed by atoms with Gasteiger partial charge in [0.05, 0.1) is 12.8 Å². The summed E-state index contributed by atoms with van der Waals surface area (Å²) in [6.45, 7) is 1.90. The molecule has 2 N–H and O–H groups in total. The second kappa shape index (κ2) is 5.05. The maximum atomic E-state index is 11.2. The van der Waals surface area contributed by atoms with Gasteiger partial charge in [-0.3, -0.25) is 0 Å². The second-order valence-corrected chi connectivity index (χ2v) is 3.92. The van der Waals surface area contributed by atoms with Crippen LogP contribution in [-0.4, -0.2) is 43.9 Å². The highest BCUT2D eigenvalue weighted by Gasteiger charge is 2.29. The Hall–Kier alpha value is -1.75.